The standard InChI is InChI=1S/C19H25NO/c1-14(2)11-15-5-4-9-19(21,12-15)18-7-3-6-16-13-20-10-8-17(16)18/h3,6-8,10,13-15,21H,4-5,9,11-12H2,1-2H3. The van der Waals surface area contributed by atoms with Crippen molar-refractivity contribution in [2.75, 3.05) is 0 Å². The summed E-state index contributed by atoms with van der Waals surface area (Å²) in [6.45, 7) is 4.55. The van der Waals surface area contributed by atoms with Crippen LogP contribution in [0.3, 0.4) is 0 Å². The van der Waals surface area contributed by atoms with Gasteiger partial charge in [-0.3, -0.25) is 4.98 Å². The number of nitrogens with zero attached hydrogens (tertiary/aromatic N) is 1. The second-order valence-corrected chi connectivity index (χ2v) is 7.03. The van der Waals surface area contributed by atoms with E-state index in [0.717, 1.165) is 35.6 Å². The number of hydrogen-bond acceptors (Lipinski definition) is 2. The molecule has 1 saturated carbocycles. The summed E-state index contributed by atoms with van der Waals surface area (Å²) in [5, 5.41) is 13.6. The van der Waals surface area contributed by atoms with Crippen LogP contribution in [0.1, 0.15) is 51.5 Å². The Labute approximate surface area is 127 Å². The average Bonchev–Trinajstić information content (AvgIpc) is 2.46. The average molecular weight is 283 g/mol. The highest BCUT2D eigenvalue weighted by Crippen LogP contribution is 2.43. The van der Waals surface area contributed by atoms with Crippen LogP contribution in [0, 0.1) is 11.8 Å². The fourth-order valence-corrected chi connectivity index (χ4v) is 4.01. The van der Waals surface area contributed by atoms with Gasteiger partial charge in [0, 0.05) is 17.8 Å². The van der Waals surface area contributed by atoms with Crippen LogP contribution in [0.15, 0.2) is 36.7 Å². The summed E-state index contributed by atoms with van der Waals surface area (Å²) in [6.07, 6.45) is 9.08. The summed E-state index contributed by atoms with van der Waals surface area (Å²) >= 11 is 0. The van der Waals surface area contributed by atoms with E-state index in [1.54, 1.807) is 0 Å². The molecule has 3 rings (SSSR count). The third-order valence-corrected chi connectivity index (χ3v) is 4.82. The molecule has 21 heavy (non-hydrogen) atoms. The van der Waals surface area contributed by atoms with Crippen LogP contribution in [0.4, 0.5) is 0 Å². The molecule has 1 aliphatic rings. The van der Waals surface area contributed by atoms with Gasteiger partial charge in [-0.15, -0.1) is 0 Å². The van der Waals surface area contributed by atoms with Crippen molar-refractivity contribution in [3.63, 3.8) is 0 Å². The van der Waals surface area contributed by atoms with Crippen molar-refractivity contribution in [1.82, 2.24) is 4.98 Å². The van der Waals surface area contributed by atoms with Crippen LogP contribution in [-0.4, -0.2) is 10.1 Å². The molecule has 2 unspecified atom stereocenters. The molecule has 1 fully saturated rings. The van der Waals surface area contributed by atoms with Crippen molar-refractivity contribution in [3.8, 4) is 0 Å². The quantitative estimate of drug-likeness (QED) is 0.888. The predicted octanol–water partition coefficient (Wildman–Crippen LogP) is 4.66. The molecular weight excluding hydrogens is 258 g/mol. The van der Waals surface area contributed by atoms with E-state index in [2.05, 4.69) is 31.0 Å². The molecule has 2 aromatic rings. The molecule has 0 bridgehead atoms. The lowest BCUT2D eigenvalue weighted by Crippen LogP contribution is -2.33. The lowest BCUT2D eigenvalue weighted by molar-refractivity contribution is -0.0232. The summed E-state index contributed by atoms with van der Waals surface area (Å²) < 4.78 is 0. The molecule has 2 atom stereocenters. The fourth-order valence-electron chi connectivity index (χ4n) is 4.01. The topological polar surface area (TPSA) is 33.1 Å². The van der Waals surface area contributed by atoms with E-state index >= 15 is 0 Å². The van der Waals surface area contributed by atoms with Crippen LogP contribution in [0.2, 0.25) is 0 Å². The van der Waals surface area contributed by atoms with Crippen LogP contribution >= 0.6 is 0 Å². The van der Waals surface area contributed by atoms with E-state index in [9.17, 15) is 5.11 Å². The molecule has 1 aliphatic carbocycles. The van der Waals surface area contributed by atoms with Gasteiger partial charge in [0.05, 0.1) is 5.60 Å². The zero-order chi connectivity index (χ0) is 14.9. The Morgan fingerprint density at radius 2 is 2.19 bits per heavy atom. The Morgan fingerprint density at radius 1 is 1.33 bits per heavy atom. The summed E-state index contributed by atoms with van der Waals surface area (Å²) in [4.78, 5) is 4.19. The minimum Gasteiger partial charge on any atom is -0.385 e. The second kappa shape index (κ2) is 5.76. The smallest absolute Gasteiger partial charge is 0.0905 e. The van der Waals surface area contributed by atoms with Crippen molar-refractivity contribution in [2.45, 2.75) is 51.6 Å². The highest BCUT2D eigenvalue weighted by Gasteiger charge is 2.36. The molecular formula is C19H25NO. The number of aliphatic hydroxyl groups is 1. The maximum absolute atomic E-state index is 11.3. The van der Waals surface area contributed by atoms with Gasteiger partial charge in [0.15, 0.2) is 0 Å². The van der Waals surface area contributed by atoms with Crippen LogP contribution < -0.4 is 0 Å². The number of fused-ring (bicyclic) bond motifs is 1. The van der Waals surface area contributed by atoms with Gasteiger partial charge in [0.2, 0.25) is 0 Å². The SMILES string of the molecule is CC(C)CC1CCCC(O)(c2cccc3cnccc23)C1. The monoisotopic (exact) mass is 283 g/mol. The van der Waals surface area contributed by atoms with E-state index in [4.69, 9.17) is 0 Å². The minimum atomic E-state index is -0.668. The van der Waals surface area contributed by atoms with E-state index in [0.29, 0.717) is 11.8 Å². The number of aromatic nitrogens is 1. The van der Waals surface area contributed by atoms with Crippen LogP contribution in [0.25, 0.3) is 10.8 Å². The first-order chi connectivity index (χ1) is 10.1. The number of pyridine rings is 1. The number of rotatable bonds is 3. The fraction of sp³-hybridized carbons (Fsp3) is 0.526. The van der Waals surface area contributed by atoms with E-state index < -0.39 is 5.60 Å². The zero-order valence-corrected chi connectivity index (χ0v) is 13.0. The molecule has 2 nitrogen and oxygen atoms in total. The Balaban J connectivity index is 1.96. The van der Waals surface area contributed by atoms with Gasteiger partial charge in [0.1, 0.15) is 0 Å². The summed E-state index contributed by atoms with van der Waals surface area (Å²) in [5.74, 6) is 1.34. The highest BCUT2D eigenvalue weighted by molar-refractivity contribution is 5.85. The van der Waals surface area contributed by atoms with Crippen LogP contribution in [-0.2, 0) is 5.60 Å². The van der Waals surface area contributed by atoms with E-state index in [1.165, 1.54) is 12.8 Å². The normalized spacial score (nSPS) is 26.4. The van der Waals surface area contributed by atoms with Crippen molar-refractivity contribution in [1.29, 1.82) is 0 Å². The van der Waals surface area contributed by atoms with Crippen LogP contribution in [0.5, 0.6) is 0 Å². The minimum absolute atomic E-state index is 0.640. The highest BCUT2D eigenvalue weighted by atomic mass is 16.3. The molecule has 1 aromatic carbocycles. The van der Waals surface area contributed by atoms with E-state index in [-0.39, 0.29) is 0 Å². The van der Waals surface area contributed by atoms with Gasteiger partial charge in [0.25, 0.3) is 0 Å². The van der Waals surface area contributed by atoms with Crippen molar-refractivity contribution in [3.05, 3.63) is 42.2 Å². The first-order valence-corrected chi connectivity index (χ1v) is 8.14. The molecule has 0 spiro atoms. The lowest BCUT2D eigenvalue weighted by Gasteiger charge is -2.38. The van der Waals surface area contributed by atoms with E-state index in [1.807, 2.05) is 24.5 Å². The van der Waals surface area contributed by atoms with Gasteiger partial charge in [-0.2, -0.15) is 0 Å². The number of benzene rings is 1. The Kier molecular flexibility index (Phi) is 3.99. The Hall–Kier alpha value is -1.41. The molecule has 1 heterocycles. The Bertz CT molecular complexity index is 616. The maximum Gasteiger partial charge on any atom is 0.0905 e. The molecule has 0 saturated heterocycles. The first-order valence-electron chi connectivity index (χ1n) is 8.14. The van der Waals surface area contributed by atoms with Gasteiger partial charge >= 0.3 is 0 Å². The van der Waals surface area contributed by atoms with Gasteiger partial charge in [-0.25, -0.2) is 0 Å². The first kappa shape index (κ1) is 14.5. The third kappa shape index (κ3) is 2.96. The maximum atomic E-state index is 11.3. The molecule has 1 N–H and O–H groups in total. The molecule has 0 amide bonds. The molecule has 0 radical (unpaired) electrons. The summed E-state index contributed by atoms with van der Waals surface area (Å²) in [5.41, 5.74) is 0.425. The Morgan fingerprint density at radius 3 is 3.00 bits per heavy atom. The van der Waals surface area contributed by atoms with Crippen molar-refractivity contribution < 1.29 is 5.11 Å². The van der Waals surface area contributed by atoms with Gasteiger partial charge in [-0.1, -0.05) is 38.5 Å². The largest absolute Gasteiger partial charge is 0.385 e. The third-order valence-electron chi connectivity index (χ3n) is 4.82. The number of hydrogen-bond donors (Lipinski definition) is 1. The van der Waals surface area contributed by atoms with Gasteiger partial charge < -0.3 is 5.11 Å². The predicted molar refractivity (Wildman–Crippen MR) is 87.1 cm³/mol. The molecule has 0 aliphatic heterocycles. The summed E-state index contributed by atoms with van der Waals surface area (Å²) in [6, 6.07) is 8.25. The summed E-state index contributed by atoms with van der Waals surface area (Å²) in [7, 11) is 0. The lowest BCUT2D eigenvalue weighted by atomic mass is 9.71. The molecule has 1 aromatic heterocycles. The second-order valence-electron chi connectivity index (χ2n) is 7.03. The zero-order valence-electron chi connectivity index (χ0n) is 13.0. The molecule has 2 heteroatoms. The molecule has 112 valence electrons. The van der Waals surface area contributed by atoms with Gasteiger partial charge in [-0.05, 0) is 54.5 Å². The van der Waals surface area contributed by atoms with Crippen molar-refractivity contribution >= 4 is 10.8 Å². The van der Waals surface area contributed by atoms with Crippen molar-refractivity contribution in [2.24, 2.45) is 11.8 Å².